The van der Waals surface area contributed by atoms with E-state index in [4.69, 9.17) is 0 Å². The molecule has 0 aliphatic carbocycles. The van der Waals surface area contributed by atoms with Crippen LogP contribution >= 0.6 is 0 Å². The van der Waals surface area contributed by atoms with Gasteiger partial charge >= 0.3 is 0 Å². The highest BCUT2D eigenvalue weighted by atomic mass is 32.2. The van der Waals surface area contributed by atoms with Gasteiger partial charge in [0.2, 0.25) is 0 Å². The molecule has 3 rings (SSSR count). The number of rotatable bonds is 8. The molecule has 0 saturated heterocycles. The Morgan fingerprint density at radius 2 is 1.50 bits per heavy atom. The number of nitrogens with zero attached hydrogens (tertiary/aromatic N) is 1. The van der Waals surface area contributed by atoms with Gasteiger partial charge in [0.15, 0.2) is 0 Å². The molecular weight excluding hydrogens is 420 g/mol. The molecule has 1 atom stereocenters. The summed E-state index contributed by atoms with van der Waals surface area (Å²) in [5.74, 6) is 0.0707. The number of carbonyl (C=O) groups is 1. The first-order valence-electron chi connectivity index (χ1n) is 10.7. The van der Waals surface area contributed by atoms with Crippen molar-refractivity contribution in [2.75, 3.05) is 11.4 Å². The number of benzene rings is 3. The van der Waals surface area contributed by atoms with E-state index in [9.17, 15) is 13.2 Å². The summed E-state index contributed by atoms with van der Waals surface area (Å²) in [6, 6.07) is 23.1. The average molecular weight is 451 g/mol. The van der Waals surface area contributed by atoms with Crippen LogP contribution in [0.2, 0.25) is 0 Å². The predicted molar refractivity (Wildman–Crippen MR) is 129 cm³/mol. The highest BCUT2D eigenvalue weighted by molar-refractivity contribution is 7.92. The minimum Gasteiger partial charge on any atom is -0.345 e. The van der Waals surface area contributed by atoms with E-state index in [1.807, 2.05) is 37.3 Å². The van der Waals surface area contributed by atoms with Crippen LogP contribution in [-0.4, -0.2) is 21.4 Å². The van der Waals surface area contributed by atoms with E-state index in [0.717, 1.165) is 17.5 Å². The van der Waals surface area contributed by atoms with Gasteiger partial charge in [-0.2, -0.15) is 0 Å². The van der Waals surface area contributed by atoms with Crippen LogP contribution in [-0.2, 0) is 10.0 Å². The van der Waals surface area contributed by atoms with Gasteiger partial charge in [0, 0.05) is 7.05 Å². The number of para-hydroxylation sites is 1. The summed E-state index contributed by atoms with van der Waals surface area (Å²) < 4.78 is 27.6. The molecule has 0 aromatic heterocycles. The Balaban J connectivity index is 1.92. The Labute approximate surface area is 191 Å². The van der Waals surface area contributed by atoms with E-state index in [2.05, 4.69) is 19.2 Å². The van der Waals surface area contributed by atoms with Crippen molar-refractivity contribution in [1.29, 1.82) is 0 Å². The molecule has 0 aliphatic rings. The number of amides is 1. The first-order valence-corrected chi connectivity index (χ1v) is 12.1. The number of anilines is 1. The van der Waals surface area contributed by atoms with Gasteiger partial charge in [0.1, 0.15) is 0 Å². The van der Waals surface area contributed by atoms with Crippen molar-refractivity contribution in [2.24, 2.45) is 5.92 Å². The van der Waals surface area contributed by atoms with Crippen molar-refractivity contribution in [3.05, 3.63) is 95.6 Å². The van der Waals surface area contributed by atoms with Crippen LogP contribution in [0, 0.1) is 12.8 Å². The standard InChI is InChI=1S/C26H30N2O3S/c1-19(2)18-24(21-10-6-5-7-11-21)27-26(29)23-12-8-9-13-25(23)28(4)32(30,31)22-16-14-20(3)15-17-22/h5-17,19,24H,18H2,1-4H3,(H,27,29)/t24-/m0/s1. The van der Waals surface area contributed by atoms with E-state index < -0.39 is 10.0 Å². The second-order valence-electron chi connectivity index (χ2n) is 8.37. The lowest BCUT2D eigenvalue weighted by atomic mass is 9.96. The van der Waals surface area contributed by atoms with E-state index in [1.54, 1.807) is 48.5 Å². The molecular formula is C26H30N2O3S. The second kappa shape index (κ2) is 10.0. The Hall–Kier alpha value is -3.12. The zero-order valence-electron chi connectivity index (χ0n) is 18.9. The number of carbonyl (C=O) groups excluding carboxylic acids is 1. The molecule has 1 amide bonds. The normalized spacial score (nSPS) is 12.4. The molecule has 0 spiro atoms. The average Bonchev–Trinajstić information content (AvgIpc) is 2.78. The summed E-state index contributed by atoms with van der Waals surface area (Å²) in [6.07, 6.45) is 0.773. The van der Waals surface area contributed by atoms with Crippen molar-refractivity contribution in [1.82, 2.24) is 5.32 Å². The quantitative estimate of drug-likeness (QED) is 0.504. The number of hydrogen-bond acceptors (Lipinski definition) is 3. The second-order valence-corrected chi connectivity index (χ2v) is 10.3. The summed E-state index contributed by atoms with van der Waals surface area (Å²) in [6.45, 7) is 6.12. The molecule has 1 N–H and O–H groups in total. The minimum atomic E-state index is -3.81. The fourth-order valence-corrected chi connectivity index (χ4v) is 4.82. The summed E-state index contributed by atoms with van der Waals surface area (Å²) >= 11 is 0. The molecule has 3 aromatic carbocycles. The van der Waals surface area contributed by atoms with Crippen molar-refractivity contribution in [3.63, 3.8) is 0 Å². The maximum absolute atomic E-state index is 13.3. The highest BCUT2D eigenvalue weighted by Crippen LogP contribution is 2.28. The molecule has 0 bridgehead atoms. The summed E-state index contributed by atoms with van der Waals surface area (Å²) in [4.78, 5) is 13.5. The first-order chi connectivity index (χ1) is 15.2. The van der Waals surface area contributed by atoms with Gasteiger partial charge in [0.05, 0.1) is 22.2 Å². The lowest BCUT2D eigenvalue weighted by Crippen LogP contribution is -2.33. The van der Waals surface area contributed by atoms with Crippen LogP contribution < -0.4 is 9.62 Å². The molecule has 0 aliphatic heterocycles. The zero-order valence-corrected chi connectivity index (χ0v) is 19.8. The van der Waals surface area contributed by atoms with Crippen LogP contribution in [0.3, 0.4) is 0 Å². The molecule has 5 nitrogen and oxygen atoms in total. The predicted octanol–water partition coefficient (Wildman–Crippen LogP) is 5.34. The third-order valence-electron chi connectivity index (χ3n) is 5.38. The third kappa shape index (κ3) is 5.37. The van der Waals surface area contributed by atoms with Gasteiger partial charge in [-0.25, -0.2) is 8.42 Å². The maximum atomic E-state index is 13.3. The highest BCUT2D eigenvalue weighted by Gasteiger charge is 2.26. The van der Waals surface area contributed by atoms with Crippen LogP contribution in [0.25, 0.3) is 0 Å². The molecule has 0 saturated carbocycles. The molecule has 0 fully saturated rings. The SMILES string of the molecule is Cc1ccc(S(=O)(=O)N(C)c2ccccc2C(=O)N[C@@H](CC(C)C)c2ccccc2)cc1. The van der Waals surface area contributed by atoms with Crippen LogP contribution in [0.4, 0.5) is 5.69 Å². The summed E-state index contributed by atoms with van der Waals surface area (Å²) in [5.41, 5.74) is 2.65. The van der Waals surface area contributed by atoms with Gasteiger partial charge in [-0.1, -0.05) is 74.0 Å². The Kier molecular flexibility index (Phi) is 7.36. The molecule has 0 unspecified atom stereocenters. The lowest BCUT2D eigenvalue weighted by molar-refractivity contribution is 0.0932. The zero-order chi connectivity index (χ0) is 23.3. The smallest absolute Gasteiger partial charge is 0.264 e. The van der Waals surface area contributed by atoms with Gasteiger partial charge in [-0.15, -0.1) is 0 Å². The van der Waals surface area contributed by atoms with E-state index in [-0.39, 0.29) is 16.8 Å². The van der Waals surface area contributed by atoms with Gasteiger partial charge in [-0.3, -0.25) is 9.10 Å². The van der Waals surface area contributed by atoms with Crippen molar-refractivity contribution >= 4 is 21.6 Å². The molecule has 0 heterocycles. The molecule has 3 aromatic rings. The van der Waals surface area contributed by atoms with Crippen molar-refractivity contribution in [2.45, 2.75) is 38.1 Å². The van der Waals surface area contributed by atoms with Crippen LogP contribution in [0.1, 0.15) is 47.8 Å². The topological polar surface area (TPSA) is 66.5 Å². The molecule has 32 heavy (non-hydrogen) atoms. The van der Waals surface area contributed by atoms with E-state index >= 15 is 0 Å². The number of nitrogens with one attached hydrogen (secondary N) is 1. The lowest BCUT2D eigenvalue weighted by Gasteiger charge is -2.25. The van der Waals surface area contributed by atoms with Gasteiger partial charge in [0.25, 0.3) is 15.9 Å². The molecule has 6 heteroatoms. The minimum absolute atomic E-state index is 0.171. The molecule has 0 radical (unpaired) electrons. The van der Waals surface area contributed by atoms with E-state index in [1.165, 1.54) is 11.4 Å². The molecule has 168 valence electrons. The summed E-state index contributed by atoms with van der Waals surface area (Å²) in [5, 5.41) is 3.11. The largest absolute Gasteiger partial charge is 0.345 e. The fourth-order valence-electron chi connectivity index (χ4n) is 3.61. The monoisotopic (exact) mass is 450 g/mol. The fraction of sp³-hybridized carbons (Fsp3) is 0.269. The third-order valence-corrected chi connectivity index (χ3v) is 7.17. The Morgan fingerprint density at radius 1 is 0.906 bits per heavy atom. The van der Waals surface area contributed by atoms with Gasteiger partial charge in [-0.05, 0) is 49.1 Å². The number of sulfonamides is 1. The van der Waals surface area contributed by atoms with Crippen molar-refractivity contribution < 1.29 is 13.2 Å². The van der Waals surface area contributed by atoms with E-state index in [0.29, 0.717) is 17.2 Å². The van der Waals surface area contributed by atoms with Gasteiger partial charge < -0.3 is 5.32 Å². The number of aryl methyl sites for hydroxylation is 1. The van der Waals surface area contributed by atoms with Crippen LogP contribution in [0.15, 0.2) is 83.8 Å². The first kappa shape index (κ1) is 23.5. The summed E-state index contributed by atoms with van der Waals surface area (Å²) in [7, 11) is -2.33. The Morgan fingerprint density at radius 3 is 2.12 bits per heavy atom. The van der Waals surface area contributed by atoms with Crippen LogP contribution in [0.5, 0.6) is 0 Å². The Bertz CT molecular complexity index is 1160. The number of hydrogen-bond donors (Lipinski definition) is 1. The van der Waals surface area contributed by atoms with Crippen molar-refractivity contribution in [3.8, 4) is 0 Å². The maximum Gasteiger partial charge on any atom is 0.264 e.